The van der Waals surface area contributed by atoms with Gasteiger partial charge in [0.05, 0.1) is 0 Å². The van der Waals surface area contributed by atoms with Crippen molar-refractivity contribution in [2.24, 2.45) is 10.9 Å². The van der Waals surface area contributed by atoms with Gasteiger partial charge in [0.15, 0.2) is 12.4 Å². The molecule has 0 atom stereocenters. The molecule has 0 aliphatic carbocycles. The maximum absolute atomic E-state index is 11.9. The molecule has 1 aromatic heterocycles. The van der Waals surface area contributed by atoms with E-state index in [4.69, 9.17) is 10.9 Å². The van der Waals surface area contributed by atoms with Gasteiger partial charge in [-0.1, -0.05) is 5.16 Å². The second-order valence-electron chi connectivity index (χ2n) is 3.22. The molecule has 94 valence electrons. The predicted octanol–water partition coefficient (Wildman–Crippen LogP) is 1.43. The summed E-state index contributed by atoms with van der Waals surface area (Å²) >= 11 is 0. The first-order chi connectivity index (χ1) is 7.81. The molecule has 1 aromatic rings. The molecule has 0 unspecified atom stereocenters. The number of aromatic nitrogens is 1. The van der Waals surface area contributed by atoms with Crippen LogP contribution in [-0.4, -0.2) is 28.8 Å². The highest BCUT2D eigenvalue weighted by Crippen LogP contribution is 2.18. The predicted molar refractivity (Wildman–Crippen MR) is 53.0 cm³/mol. The SMILES string of the molecule is Cc1cc(/C(N)=N/O)cc(OCC(F)(F)F)n1. The number of aryl methyl sites for hydroxylation is 1. The number of nitrogens with two attached hydrogens (primary N) is 1. The Bertz CT molecular complexity index is 432. The molecule has 0 fully saturated rings. The van der Waals surface area contributed by atoms with Crippen molar-refractivity contribution in [3.63, 3.8) is 0 Å². The van der Waals surface area contributed by atoms with Crippen molar-refractivity contribution in [1.82, 2.24) is 4.98 Å². The molecule has 0 spiro atoms. The minimum atomic E-state index is -4.44. The first-order valence-electron chi connectivity index (χ1n) is 4.48. The minimum Gasteiger partial charge on any atom is -0.468 e. The topological polar surface area (TPSA) is 80.7 Å². The molecule has 0 saturated heterocycles. The van der Waals surface area contributed by atoms with Gasteiger partial charge in [0.2, 0.25) is 5.88 Å². The Morgan fingerprint density at radius 1 is 1.53 bits per heavy atom. The summed E-state index contributed by atoms with van der Waals surface area (Å²) in [5.74, 6) is -0.462. The lowest BCUT2D eigenvalue weighted by Crippen LogP contribution is -2.20. The van der Waals surface area contributed by atoms with Crippen LogP contribution in [0.1, 0.15) is 11.3 Å². The quantitative estimate of drug-likeness (QED) is 0.367. The first-order valence-corrected chi connectivity index (χ1v) is 4.48. The van der Waals surface area contributed by atoms with Crippen molar-refractivity contribution < 1.29 is 23.1 Å². The summed E-state index contributed by atoms with van der Waals surface area (Å²) in [5.41, 5.74) is 5.94. The van der Waals surface area contributed by atoms with Crippen LogP contribution in [0.5, 0.6) is 5.88 Å². The minimum absolute atomic E-state index is 0.229. The average Bonchev–Trinajstić information content (AvgIpc) is 2.23. The fourth-order valence-corrected chi connectivity index (χ4v) is 1.07. The molecule has 5 nitrogen and oxygen atoms in total. The number of hydrogen-bond acceptors (Lipinski definition) is 4. The van der Waals surface area contributed by atoms with Gasteiger partial charge in [-0.05, 0) is 13.0 Å². The van der Waals surface area contributed by atoms with E-state index in [0.717, 1.165) is 6.07 Å². The third kappa shape index (κ3) is 4.17. The van der Waals surface area contributed by atoms with Gasteiger partial charge in [-0.3, -0.25) is 0 Å². The van der Waals surface area contributed by atoms with Gasteiger partial charge in [-0.2, -0.15) is 13.2 Å². The zero-order chi connectivity index (χ0) is 13.1. The van der Waals surface area contributed by atoms with Crippen LogP contribution in [0.3, 0.4) is 0 Å². The highest BCUT2D eigenvalue weighted by atomic mass is 19.4. The molecule has 0 aromatic carbocycles. The Kier molecular flexibility index (Phi) is 3.77. The summed E-state index contributed by atoms with van der Waals surface area (Å²) < 4.78 is 40.2. The second-order valence-corrected chi connectivity index (χ2v) is 3.22. The fourth-order valence-electron chi connectivity index (χ4n) is 1.07. The van der Waals surface area contributed by atoms with E-state index in [1.54, 1.807) is 6.92 Å². The number of hydrogen-bond donors (Lipinski definition) is 2. The monoisotopic (exact) mass is 249 g/mol. The summed E-state index contributed by atoms with van der Waals surface area (Å²) in [5, 5.41) is 11.2. The molecule has 3 N–H and O–H groups in total. The van der Waals surface area contributed by atoms with Gasteiger partial charge < -0.3 is 15.7 Å². The summed E-state index contributed by atoms with van der Waals surface area (Å²) in [6.07, 6.45) is -4.44. The zero-order valence-corrected chi connectivity index (χ0v) is 8.82. The highest BCUT2D eigenvalue weighted by Gasteiger charge is 2.28. The van der Waals surface area contributed by atoms with Crippen molar-refractivity contribution in [3.05, 3.63) is 23.4 Å². The third-order valence-electron chi connectivity index (χ3n) is 1.72. The van der Waals surface area contributed by atoms with Crippen LogP contribution in [0, 0.1) is 6.92 Å². The van der Waals surface area contributed by atoms with Crippen LogP contribution < -0.4 is 10.5 Å². The molecule has 0 radical (unpaired) electrons. The van der Waals surface area contributed by atoms with Crippen LogP contribution in [0.25, 0.3) is 0 Å². The van der Waals surface area contributed by atoms with Crippen LogP contribution in [0.2, 0.25) is 0 Å². The Morgan fingerprint density at radius 3 is 2.71 bits per heavy atom. The van der Waals surface area contributed by atoms with E-state index in [1.807, 2.05) is 0 Å². The van der Waals surface area contributed by atoms with Crippen LogP contribution in [0.4, 0.5) is 13.2 Å². The molecule has 1 heterocycles. The van der Waals surface area contributed by atoms with Crippen LogP contribution >= 0.6 is 0 Å². The van der Waals surface area contributed by atoms with Gasteiger partial charge in [-0.15, -0.1) is 0 Å². The standard InChI is InChI=1S/C9H10F3N3O2/c1-5-2-6(8(13)15-16)3-7(14-5)17-4-9(10,11)12/h2-3,16H,4H2,1H3,(H2,13,15). The van der Waals surface area contributed by atoms with Crippen molar-refractivity contribution in [2.75, 3.05) is 6.61 Å². The van der Waals surface area contributed by atoms with Crippen molar-refractivity contribution in [2.45, 2.75) is 13.1 Å². The normalized spacial score (nSPS) is 12.6. The molecule has 0 saturated carbocycles. The highest BCUT2D eigenvalue weighted by molar-refractivity contribution is 5.97. The number of pyridine rings is 1. The second kappa shape index (κ2) is 4.89. The van der Waals surface area contributed by atoms with Crippen molar-refractivity contribution in [1.29, 1.82) is 0 Å². The number of oxime groups is 1. The number of halogens is 3. The van der Waals surface area contributed by atoms with E-state index in [2.05, 4.69) is 14.9 Å². The number of alkyl halides is 3. The maximum Gasteiger partial charge on any atom is 0.422 e. The molecule has 0 aliphatic rings. The molecule has 0 bridgehead atoms. The molecule has 1 rings (SSSR count). The summed E-state index contributed by atoms with van der Waals surface area (Å²) in [7, 11) is 0. The maximum atomic E-state index is 11.9. The van der Waals surface area contributed by atoms with E-state index < -0.39 is 12.8 Å². The van der Waals surface area contributed by atoms with Gasteiger partial charge in [-0.25, -0.2) is 4.98 Å². The lowest BCUT2D eigenvalue weighted by Gasteiger charge is -2.10. The van der Waals surface area contributed by atoms with E-state index in [-0.39, 0.29) is 17.3 Å². The van der Waals surface area contributed by atoms with E-state index in [0.29, 0.717) is 5.69 Å². The van der Waals surface area contributed by atoms with Gasteiger partial charge in [0, 0.05) is 17.3 Å². The van der Waals surface area contributed by atoms with Gasteiger partial charge in [0.1, 0.15) is 0 Å². The molecule has 0 aliphatic heterocycles. The Hall–Kier alpha value is -1.99. The molecule has 8 heteroatoms. The smallest absolute Gasteiger partial charge is 0.422 e. The Morgan fingerprint density at radius 2 is 2.18 bits per heavy atom. The first kappa shape index (κ1) is 13.1. The van der Waals surface area contributed by atoms with Crippen LogP contribution in [0.15, 0.2) is 17.3 Å². The lowest BCUT2D eigenvalue weighted by molar-refractivity contribution is -0.154. The average molecular weight is 249 g/mol. The molecule has 17 heavy (non-hydrogen) atoms. The van der Waals surface area contributed by atoms with Crippen molar-refractivity contribution >= 4 is 5.84 Å². The largest absolute Gasteiger partial charge is 0.468 e. The number of nitrogens with zero attached hydrogens (tertiary/aromatic N) is 2. The van der Waals surface area contributed by atoms with E-state index >= 15 is 0 Å². The third-order valence-corrected chi connectivity index (χ3v) is 1.72. The van der Waals surface area contributed by atoms with Gasteiger partial charge in [0.25, 0.3) is 0 Å². The summed E-state index contributed by atoms with van der Waals surface area (Å²) in [6, 6.07) is 2.61. The van der Waals surface area contributed by atoms with E-state index in [1.165, 1.54) is 6.07 Å². The lowest BCUT2D eigenvalue weighted by atomic mass is 10.2. The fraction of sp³-hybridized carbons (Fsp3) is 0.333. The molecular formula is C9H10F3N3O2. The Labute approximate surface area is 94.7 Å². The number of amidine groups is 1. The van der Waals surface area contributed by atoms with Gasteiger partial charge >= 0.3 is 6.18 Å². The summed E-state index contributed by atoms with van der Waals surface area (Å²) in [4.78, 5) is 3.74. The molecule has 0 amide bonds. The molecular weight excluding hydrogens is 239 g/mol. The zero-order valence-electron chi connectivity index (χ0n) is 8.82. The van der Waals surface area contributed by atoms with E-state index in [9.17, 15) is 13.2 Å². The van der Waals surface area contributed by atoms with Crippen LogP contribution in [-0.2, 0) is 0 Å². The Balaban J connectivity index is 2.90. The number of ether oxygens (including phenoxy) is 1. The summed E-state index contributed by atoms with van der Waals surface area (Å²) in [6.45, 7) is 0.105. The van der Waals surface area contributed by atoms with Crippen molar-refractivity contribution in [3.8, 4) is 5.88 Å². The number of rotatable bonds is 3.